The normalized spacial score (nSPS) is 10.8. The summed E-state index contributed by atoms with van der Waals surface area (Å²) in [6.07, 6.45) is 1.41. The van der Waals surface area contributed by atoms with Crippen molar-refractivity contribution in [1.82, 2.24) is 5.43 Å². The number of hydrazone groups is 1. The molecule has 0 spiro atoms. The maximum absolute atomic E-state index is 12.1. The van der Waals surface area contributed by atoms with E-state index in [1.165, 1.54) is 6.21 Å². The summed E-state index contributed by atoms with van der Waals surface area (Å²) in [5.74, 6) is 0.339. The quantitative estimate of drug-likeness (QED) is 0.399. The van der Waals surface area contributed by atoms with Gasteiger partial charge in [-0.2, -0.15) is 5.10 Å². The van der Waals surface area contributed by atoms with Gasteiger partial charge in [-0.25, -0.2) is 5.43 Å². The van der Waals surface area contributed by atoms with Crippen molar-refractivity contribution in [2.45, 2.75) is 13.8 Å². The second-order valence-electron chi connectivity index (χ2n) is 6.86. The third kappa shape index (κ3) is 5.85. The summed E-state index contributed by atoms with van der Waals surface area (Å²) in [5.41, 5.74) is 5.82. The van der Waals surface area contributed by atoms with Gasteiger partial charge in [0.15, 0.2) is 6.61 Å². The highest BCUT2D eigenvalue weighted by molar-refractivity contribution is 5.86. The fourth-order valence-corrected chi connectivity index (χ4v) is 3.22. The van der Waals surface area contributed by atoms with Gasteiger partial charge in [-0.05, 0) is 37.6 Å². The molecule has 0 saturated heterocycles. The van der Waals surface area contributed by atoms with Crippen molar-refractivity contribution in [3.63, 3.8) is 0 Å². The number of aromatic hydroxyl groups is 1. The Hall–Kier alpha value is -3.80. The summed E-state index contributed by atoms with van der Waals surface area (Å²) in [4.78, 5) is 14.3. The minimum absolute atomic E-state index is 0.107. The number of hydrogen-bond acceptors (Lipinski definition) is 5. The van der Waals surface area contributed by atoms with Crippen LogP contribution in [0.25, 0.3) is 11.1 Å². The van der Waals surface area contributed by atoms with Crippen LogP contribution in [0.3, 0.4) is 0 Å². The third-order valence-electron chi connectivity index (χ3n) is 4.87. The van der Waals surface area contributed by atoms with Crippen LogP contribution in [0.5, 0.6) is 11.5 Å². The smallest absolute Gasteiger partial charge is 0.277 e. The second-order valence-corrected chi connectivity index (χ2v) is 6.86. The molecule has 0 saturated carbocycles. The van der Waals surface area contributed by atoms with E-state index < -0.39 is 5.91 Å². The zero-order valence-electron chi connectivity index (χ0n) is 17.8. The first-order chi connectivity index (χ1) is 15.1. The minimum Gasteiger partial charge on any atom is -0.507 e. The topological polar surface area (TPSA) is 74.2 Å². The average Bonchev–Trinajstić information content (AvgIpc) is 2.80. The van der Waals surface area contributed by atoms with Crippen LogP contribution >= 0.6 is 0 Å². The van der Waals surface area contributed by atoms with Gasteiger partial charge in [0.25, 0.3) is 5.91 Å². The summed E-state index contributed by atoms with van der Waals surface area (Å²) < 4.78 is 5.71. The van der Waals surface area contributed by atoms with E-state index in [1.54, 1.807) is 12.1 Å². The summed E-state index contributed by atoms with van der Waals surface area (Å²) in [6.45, 7) is 5.66. The highest BCUT2D eigenvalue weighted by Crippen LogP contribution is 2.29. The van der Waals surface area contributed by atoms with E-state index in [9.17, 15) is 9.90 Å². The average molecular weight is 418 g/mol. The van der Waals surface area contributed by atoms with Crippen LogP contribution in [0.1, 0.15) is 19.4 Å². The third-order valence-corrected chi connectivity index (χ3v) is 4.87. The molecule has 0 radical (unpaired) electrons. The molecule has 31 heavy (non-hydrogen) atoms. The van der Waals surface area contributed by atoms with Crippen molar-refractivity contribution >= 4 is 17.8 Å². The molecule has 3 aromatic carbocycles. The molecule has 3 rings (SSSR count). The molecule has 1 amide bonds. The molecule has 160 valence electrons. The van der Waals surface area contributed by atoms with Crippen LogP contribution in [-0.4, -0.2) is 36.9 Å². The van der Waals surface area contributed by atoms with Crippen molar-refractivity contribution in [2.75, 3.05) is 24.6 Å². The van der Waals surface area contributed by atoms with Crippen molar-refractivity contribution in [1.29, 1.82) is 0 Å². The number of nitrogens with one attached hydrogen (secondary N) is 1. The molecule has 0 atom stereocenters. The fraction of sp³-hybridized carbons (Fsp3) is 0.200. The zero-order chi connectivity index (χ0) is 22.1. The van der Waals surface area contributed by atoms with Gasteiger partial charge in [0, 0.05) is 36.0 Å². The summed E-state index contributed by atoms with van der Waals surface area (Å²) >= 11 is 0. The minimum atomic E-state index is -0.390. The first-order valence-electron chi connectivity index (χ1n) is 10.3. The standard InChI is InChI=1S/C25H27N3O3/c1-3-28(4-2)21-15-14-20(23(29)16-21)17-26-27-25(30)18-31-24-13-9-8-12-22(24)19-10-6-5-7-11-19/h5-17,29H,3-4,18H2,1-2H3,(H,27,30). The molecule has 0 aliphatic heterocycles. The first kappa shape index (κ1) is 21.9. The maximum Gasteiger partial charge on any atom is 0.277 e. The van der Waals surface area contributed by atoms with E-state index in [2.05, 4.69) is 29.3 Å². The van der Waals surface area contributed by atoms with Crippen molar-refractivity contribution in [3.8, 4) is 22.6 Å². The molecule has 0 bridgehead atoms. The molecule has 0 heterocycles. The van der Waals surface area contributed by atoms with Crippen LogP contribution in [0.2, 0.25) is 0 Å². The van der Waals surface area contributed by atoms with Gasteiger partial charge in [-0.15, -0.1) is 0 Å². The fourth-order valence-electron chi connectivity index (χ4n) is 3.22. The van der Waals surface area contributed by atoms with Crippen molar-refractivity contribution in [2.24, 2.45) is 5.10 Å². The highest BCUT2D eigenvalue weighted by Gasteiger charge is 2.08. The molecule has 6 nitrogen and oxygen atoms in total. The van der Waals surface area contributed by atoms with Gasteiger partial charge in [0.05, 0.1) is 6.21 Å². The van der Waals surface area contributed by atoms with Crippen LogP contribution < -0.4 is 15.1 Å². The number of phenols is 1. The van der Waals surface area contributed by atoms with E-state index in [1.807, 2.05) is 60.7 Å². The molecule has 0 unspecified atom stereocenters. The Morgan fingerprint density at radius 2 is 1.74 bits per heavy atom. The molecular weight excluding hydrogens is 390 g/mol. The Labute approximate surface area is 182 Å². The Morgan fingerprint density at radius 3 is 2.45 bits per heavy atom. The van der Waals surface area contributed by atoms with Crippen molar-refractivity contribution < 1.29 is 14.6 Å². The largest absolute Gasteiger partial charge is 0.507 e. The molecule has 2 N–H and O–H groups in total. The molecular formula is C25H27N3O3. The lowest BCUT2D eigenvalue weighted by Crippen LogP contribution is -2.24. The number of anilines is 1. The van der Waals surface area contributed by atoms with Gasteiger partial charge in [0.2, 0.25) is 0 Å². The lowest BCUT2D eigenvalue weighted by Gasteiger charge is -2.21. The van der Waals surface area contributed by atoms with Gasteiger partial charge >= 0.3 is 0 Å². The number of ether oxygens (including phenoxy) is 1. The van der Waals surface area contributed by atoms with Gasteiger partial charge in [-0.3, -0.25) is 4.79 Å². The number of benzene rings is 3. The Bertz CT molecular complexity index is 1030. The Balaban J connectivity index is 1.58. The lowest BCUT2D eigenvalue weighted by molar-refractivity contribution is -0.123. The number of phenolic OH excluding ortho intramolecular Hbond substituents is 1. The zero-order valence-corrected chi connectivity index (χ0v) is 17.8. The molecule has 0 aliphatic carbocycles. The van der Waals surface area contributed by atoms with E-state index in [0.29, 0.717) is 11.3 Å². The van der Waals surface area contributed by atoms with E-state index in [-0.39, 0.29) is 12.4 Å². The summed E-state index contributed by atoms with van der Waals surface area (Å²) in [6, 6.07) is 22.8. The molecule has 0 aliphatic rings. The molecule has 3 aromatic rings. The second kappa shape index (κ2) is 10.8. The van der Waals surface area contributed by atoms with Crippen molar-refractivity contribution in [3.05, 3.63) is 78.4 Å². The van der Waals surface area contributed by atoms with Gasteiger partial charge in [-0.1, -0.05) is 48.5 Å². The first-order valence-corrected chi connectivity index (χ1v) is 10.3. The molecule has 0 fully saturated rings. The van der Waals surface area contributed by atoms with E-state index in [0.717, 1.165) is 29.9 Å². The number of carbonyl (C=O) groups excluding carboxylic acids is 1. The van der Waals surface area contributed by atoms with E-state index in [4.69, 9.17) is 4.74 Å². The number of carbonyl (C=O) groups is 1. The molecule has 0 aromatic heterocycles. The van der Waals surface area contributed by atoms with Crippen LogP contribution in [0.4, 0.5) is 5.69 Å². The van der Waals surface area contributed by atoms with Crippen LogP contribution in [0, 0.1) is 0 Å². The number of rotatable bonds is 9. The predicted octanol–water partition coefficient (Wildman–Crippen LogP) is 4.43. The highest BCUT2D eigenvalue weighted by atomic mass is 16.5. The van der Waals surface area contributed by atoms with Crippen LogP contribution in [0.15, 0.2) is 77.9 Å². The molecule has 6 heteroatoms. The monoisotopic (exact) mass is 417 g/mol. The predicted molar refractivity (Wildman–Crippen MR) is 125 cm³/mol. The Kier molecular flexibility index (Phi) is 7.65. The van der Waals surface area contributed by atoms with Gasteiger partial charge < -0.3 is 14.7 Å². The lowest BCUT2D eigenvalue weighted by atomic mass is 10.1. The summed E-state index contributed by atoms with van der Waals surface area (Å²) in [5, 5.41) is 14.2. The number of amides is 1. The summed E-state index contributed by atoms with van der Waals surface area (Å²) in [7, 11) is 0. The number of nitrogens with zero attached hydrogens (tertiary/aromatic N) is 2. The Morgan fingerprint density at radius 1 is 1.03 bits per heavy atom. The van der Waals surface area contributed by atoms with E-state index >= 15 is 0 Å². The van der Waals surface area contributed by atoms with Crippen LogP contribution in [-0.2, 0) is 4.79 Å². The number of hydrogen-bond donors (Lipinski definition) is 2. The number of para-hydroxylation sites is 1. The van der Waals surface area contributed by atoms with Gasteiger partial charge in [0.1, 0.15) is 11.5 Å². The SMILES string of the molecule is CCN(CC)c1ccc(C=NNC(=O)COc2ccccc2-c2ccccc2)c(O)c1. The maximum atomic E-state index is 12.1.